The van der Waals surface area contributed by atoms with Crippen molar-refractivity contribution in [2.45, 2.75) is 95.9 Å². The minimum absolute atomic E-state index is 0.0798. The maximum atomic E-state index is 14.7. The van der Waals surface area contributed by atoms with Crippen molar-refractivity contribution < 1.29 is 33.3 Å². The Labute approximate surface area is 363 Å². The molecule has 3 aliphatic rings. The molecule has 0 radical (unpaired) electrons. The molecular weight excluding hydrogens is 777 g/mol. The van der Waals surface area contributed by atoms with Gasteiger partial charge >= 0.3 is 17.6 Å². The smallest absolute Gasteiger partial charge is 0.336 e. The van der Waals surface area contributed by atoms with Crippen LogP contribution in [0.4, 0.5) is 0 Å². The van der Waals surface area contributed by atoms with Gasteiger partial charge in [0, 0.05) is 23.4 Å². The van der Waals surface area contributed by atoms with Gasteiger partial charge in [-0.15, -0.1) is 0 Å². The molecule has 4 atom stereocenters. The Morgan fingerprint density at radius 3 is 2.16 bits per heavy atom. The van der Waals surface area contributed by atoms with Gasteiger partial charge in [-0.2, -0.15) is 0 Å². The number of aliphatic hydroxyl groups excluding tert-OH is 1. The molecule has 6 aromatic rings. The molecule has 318 valence electrons. The molecule has 8 nitrogen and oxygen atoms in total. The van der Waals surface area contributed by atoms with Crippen molar-refractivity contribution >= 4 is 22.9 Å². The summed E-state index contributed by atoms with van der Waals surface area (Å²) in [6, 6.07) is 44.2. The maximum absolute atomic E-state index is 14.7. The van der Waals surface area contributed by atoms with Gasteiger partial charge in [-0.25, -0.2) is 9.59 Å². The van der Waals surface area contributed by atoms with Gasteiger partial charge < -0.3 is 23.7 Å². The lowest BCUT2D eigenvalue weighted by Crippen LogP contribution is -2.54. The molecule has 1 N–H and O–H groups in total. The van der Waals surface area contributed by atoms with E-state index in [0.717, 1.165) is 42.4 Å². The fourth-order valence-electron chi connectivity index (χ4n) is 9.08. The molecule has 0 aliphatic carbocycles. The first-order valence-electron chi connectivity index (χ1n) is 21.8. The Kier molecular flexibility index (Phi) is 13.1. The molecule has 2 bridgehead atoms. The van der Waals surface area contributed by atoms with Crippen molar-refractivity contribution in [1.29, 1.82) is 0 Å². The predicted octanol–water partition coefficient (Wildman–Crippen LogP) is 10.2. The molecule has 0 spiro atoms. The van der Waals surface area contributed by atoms with Crippen LogP contribution < -0.4 is 10.4 Å². The number of esters is 2. The molecule has 0 amide bonds. The number of hydrogen-bond acceptors (Lipinski definition) is 8. The predicted molar refractivity (Wildman–Crippen MR) is 240 cm³/mol. The number of benzene rings is 5. The van der Waals surface area contributed by atoms with Gasteiger partial charge in [0.1, 0.15) is 16.9 Å². The summed E-state index contributed by atoms with van der Waals surface area (Å²) in [5, 5.41) is 10.9. The normalized spacial score (nSPS) is 21.3. The molecule has 9 rings (SSSR count). The monoisotopic (exact) mass is 830 g/mol. The highest BCUT2D eigenvalue weighted by Crippen LogP contribution is 2.48. The molecule has 3 aliphatic heterocycles. The number of carbonyl (C=O) groups is 2. The van der Waals surface area contributed by atoms with E-state index in [2.05, 4.69) is 84.9 Å². The zero-order chi connectivity index (χ0) is 43.1. The molecule has 0 fully saturated rings. The minimum atomic E-state index is -1.18. The number of fused-ring (bicyclic) bond motifs is 13. The van der Waals surface area contributed by atoms with Crippen LogP contribution in [0.5, 0.6) is 5.75 Å². The molecule has 1 aromatic heterocycles. The van der Waals surface area contributed by atoms with Crippen LogP contribution in [0.3, 0.4) is 0 Å². The van der Waals surface area contributed by atoms with Crippen molar-refractivity contribution in [3.8, 4) is 5.75 Å². The highest BCUT2D eigenvalue weighted by atomic mass is 16.6. The van der Waals surface area contributed by atoms with Gasteiger partial charge in [0.15, 0.2) is 12.2 Å². The van der Waals surface area contributed by atoms with Crippen LogP contribution >= 0.6 is 0 Å². The Morgan fingerprint density at radius 1 is 0.710 bits per heavy atom. The molecule has 4 heterocycles. The van der Waals surface area contributed by atoms with Crippen LogP contribution in [-0.4, -0.2) is 35.4 Å². The van der Waals surface area contributed by atoms with Crippen molar-refractivity contribution in [3.05, 3.63) is 194 Å². The van der Waals surface area contributed by atoms with E-state index in [1.54, 1.807) is 19.1 Å². The van der Waals surface area contributed by atoms with E-state index in [1.807, 2.05) is 37.3 Å². The second kappa shape index (κ2) is 19.2. The SMILES string of the molecule is C/C(CO)=C1\CCc2ccc(cc2)C[C@H](CCc2cccc(Cc3ccccc3)c2)CC(=O)O[C@@H]2c3c(ccc4ccc(=O)oc34)O[C@@](C)(CCCc3ccccc3)[C@H]2OC1=O. The summed E-state index contributed by atoms with van der Waals surface area (Å²) in [4.78, 5) is 42.0. The fraction of sp³-hybridized carbons (Fsp3) is 0.315. The van der Waals surface area contributed by atoms with Gasteiger partial charge in [0.05, 0.1) is 12.2 Å². The number of hydrogen-bond donors (Lipinski definition) is 1. The summed E-state index contributed by atoms with van der Waals surface area (Å²) >= 11 is 0. The standard InChI is InChI=1S/C54H54O8/c1-36(35-55)45-27-24-38-18-20-41(21-19-38)33-43(23-22-40-15-9-16-42(32-40)31-39-13-7-4-8-14-39)34-48(57)60-51-49-46(28-25-44-26-29-47(56)59-50(44)49)62-54(2,52(51)61-53(45)58)30-10-17-37-11-5-3-6-12-37/h3-9,11-16,18-21,25-26,28-29,32,43,51-52,55H,10,17,22-24,27,30-31,33-35H2,1-2H3/b45-36-/t43-,51+,52-,54-/m0/s1. The number of aryl methyl sites for hydroxylation is 3. The van der Waals surface area contributed by atoms with Crippen molar-refractivity contribution in [2.75, 3.05) is 6.61 Å². The molecule has 5 aromatic carbocycles. The minimum Gasteiger partial charge on any atom is -0.483 e. The van der Waals surface area contributed by atoms with Gasteiger partial charge in [-0.05, 0) is 135 Å². The average molecular weight is 831 g/mol. The lowest BCUT2D eigenvalue weighted by atomic mass is 9.82. The first kappa shape index (κ1) is 42.4. The van der Waals surface area contributed by atoms with Gasteiger partial charge in [0.25, 0.3) is 0 Å². The zero-order valence-electron chi connectivity index (χ0n) is 35.5. The average Bonchev–Trinajstić information content (AvgIpc) is 3.27. The molecule has 0 saturated carbocycles. The highest BCUT2D eigenvalue weighted by molar-refractivity contribution is 5.90. The Balaban J connectivity index is 1.17. The van der Waals surface area contributed by atoms with E-state index >= 15 is 0 Å². The summed E-state index contributed by atoms with van der Waals surface area (Å²) in [5.74, 6) is -0.771. The molecule has 0 unspecified atom stereocenters. The van der Waals surface area contributed by atoms with E-state index in [4.69, 9.17) is 18.6 Å². The number of aliphatic hydroxyl groups is 1. The summed E-state index contributed by atoms with van der Waals surface area (Å²) in [6.07, 6.45) is 3.53. The number of carbonyl (C=O) groups excluding carboxylic acids is 2. The van der Waals surface area contributed by atoms with Crippen LogP contribution in [0.2, 0.25) is 0 Å². The quantitative estimate of drug-likeness (QED) is 0.0825. The summed E-state index contributed by atoms with van der Waals surface area (Å²) in [6.45, 7) is 3.29. The molecular formula is C54H54O8. The summed E-state index contributed by atoms with van der Waals surface area (Å²) < 4.78 is 25.9. The van der Waals surface area contributed by atoms with E-state index in [-0.39, 0.29) is 24.5 Å². The third-order valence-corrected chi connectivity index (χ3v) is 12.5. The zero-order valence-corrected chi connectivity index (χ0v) is 35.5. The largest absolute Gasteiger partial charge is 0.483 e. The van der Waals surface area contributed by atoms with Crippen LogP contribution in [-0.2, 0) is 51.2 Å². The van der Waals surface area contributed by atoms with Crippen LogP contribution in [0.25, 0.3) is 11.0 Å². The number of rotatable bonds is 10. The first-order valence-corrected chi connectivity index (χ1v) is 21.8. The van der Waals surface area contributed by atoms with Crippen molar-refractivity contribution in [2.24, 2.45) is 5.92 Å². The lowest BCUT2D eigenvalue weighted by molar-refractivity contribution is -0.192. The maximum Gasteiger partial charge on any atom is 0.336 e. The number of ether oxygens (including phenoxy) is 3. The first-order chi connectivity index (χ1) is 30.1. The Hall–Kier alpha value is -6.25. The Bertz CT molecular complexity index is 2590. The molecule has 0 saturated heterocycles. The van der Waals surface area contributed by atoms with Crippen LogP contribution in [0.15, 0.2) is 154 Å². The van der Waals surface area contributed by atoms with Gasteiger partial charge in [-0.3, -0.25) is 4.79 Å². The molecule has 8 heteroatoms. The molecule has 62 heavy (non-hydrogen) atoms. The van der Waals surface area contributed by atoms with E-state index in [0.29, 0.717) is 59.9 Å². The van der Waals surface area contributed by atoms with Gasteiger partial charge in [0.2, 0.25) is 0 Å². The van der Waals surface area contributed by atoms with Crippen LogP contribution in [0.1, 0.15) is 91.0 Å². The van der Waals surface area contributed by atoms with Crippen molar-refractivity contribution in [3.63, 3.8) is 0 Å². The van der Waals surface area contributed by atoms with Crippen LogP contribution in [0, 0.1) is 5.92 Å². The lowest BCUT2D eigenvalue weighted by Gasteiger charge is -2.45. The second-order valence-electron chi connectivity index (χ2n) is 17.2. The van der Waals surface area contributed by atoms with Gasteiger partial charge in [-0.1, -0.05) is 109 Å². The van der Waals surface area contributed by atoms with Crippen molar-refractivity contribution in [1.82, 2.24) is 0 Å². The summed E-state index contributed by atoms with van der Waals surface area (Å²) in [5.41, 5.74) is 6.65. The Morgan fingerprint density at radius 2 is 1.40 bits per heavy atom. The topological polar surface area (TPSA) is 112 Å². The third-order valence-electron chi connectivity index (χ3n) is 12.5. The fourth-order valence-corrected chi connectivity index (χ4v) is 9.08. The third kappa shape index (κ3) is 10.1. The van der Waals surface area contributed by atoms with E-state index in [9.17, 15) is 19.5 Å². The van der Waals surface area contributed by atoms with E-state index in [1.165, 1.54) is 22.8 Å². The second-order valence-corrected chi connectivity index (χ2v) is 17.2. The highest BCUT2D eigenvalue weighted by Gasteiger charge is 2.52. The van der Waals surface area contributed by atoms with E-state index < -0.39 is 35.4 Å². The summed E-state index contributed by atoms with van der Waals surface area (Å²) in [7, 11) is 0.